The monoisotopic (exact) mass is 301 g/mol. The largest absolute Gasteiger partial charge is 0.355 e. The van der Waals surface area contributed by atoms with Crippen LogP contribution in [0.1, 0.15) is 31.7 Å². The van der Waals surface area contributed by atoms with Crippen LogP contribution in [0.5, 0.6) is 0 Å². The summed E-state index contributed by atoms with van der Waals surface area (Å²) in [5.41, 5.74) is 2.20. The van der Waals surface area contributed by atoms with E-state index in [1.54, 1.807) is 0 Å². The number of halogens is 1. The van der Waals surface area contributed by atoms with Gasteiger partial charge in [0.25, 0.3) is 0 Å². The lowest BCUT2D eigenvalue weighted by molar-refractivity contribution is -0.122. The Hall–Kier alpha value is -0.840. The van der Waals surface area contributed by atoms with Gasteiger partial charge in [-0.2, -0.15) is 5.10 Å². The van der Waals surface area contributed by atoms with Crippen molar-refractivity contribution in [1.29, 1.82) is 0 Å². The van der Waals surface area contributed by atoms with Crippen LogP contribution in [-0.2, 0) is 11.3 Å². The van der Waals surface area contributed by atoms with Crippen LogP contribution in [0.15, 0.2) is 6.07 Å². The Kier molecular flexibility index (Phi) is 4.74. The molecule has 0 saturated heterocycles. The molecule has 1 aromatic heterocycles. The minimum atomic E-state index is -0.495. The summed E-state index contributed by atoms with van der Waals surface area (Å²) in [7, 11) is 0. The molecule has 0 saturated carbocycles. The Bertz CT molecular complexity index is 393. The zero-order chi connectivity index (χ0) is 13.1. The number of hydrogen-bond donors (Lipinski definition) is 1. The van der Waals surface area contributed by atoms with E-state index in [1.807, 2.05) is 32.4 Å². The highest BCUT2D eigenvalue weighted by atomic mass is 79.9. The molecule has 0 atom stereocenters. The summed E-state index contributed by atoms with van der Waals surface area (Å²) in [5.74, 6) is 0.0193. The fourth-order valence-electron chi connectivity index (χ4n) is 1.54. The van der Waals surface area contributed by atoms with Gasteiger partial charge in [-0.25, -0.2) is 0 Å². The maximum Gasteiger partial charge on any atom is 0.236 e. The number of alkyl halides is 1. The molecule has 96 valence electrons. The van der Waals surface area contributed by atoms with Gasteiger partial charge >= 0.3 is 0 Å². The molecule has 5 heteroatoms. The number of carbonyl (C=O) groups excluding carboxylic acids is 1. The molecular formula is C12H20BrN3O. The SMILES string of the molecule is Cc1cc(C)n(CCCNC(=O)C(C)(C)Br)n1. The van der Waals surface area contributed by atoms with Crippen molar-refractivity contribution in [3.8, 4) is 0 Å². The van der Waals surface area contributed by atoms with Gasteiger partial charge in [-0.15, -0.1) is 0 Å². The molecule has 0 aliphatic carbocycles. The number of aromatic nitrogens is 2. The van der Waals surface area contributed by atoms with Gasteiger partial charge in [0.05, 0.1) is 10.0 Å². The lowest BCUT2D eigenvalue weighted by atomic mass is 10.2. The summed E-state index contributed by atoms with van der Waals surface area (Å²) >= 11 is 3.33. The van der Waals surface area contributed by atoms with Gasteiger partial charge in [0, 0.05) is 18.8 Å². The van der Waals surface area contributed by atoms with Gasteiger partial charge in [-0.3, -0.25) is 9.48 Å². The van der Waals surface area contributed by atoms with Crippen LogP contribution >= 0.6 is 15.9 Å². The van der Waals surface area contributed by atoms with Gasteiger partial charge in [0.2, 0.25) is 5.91 Å². The quantitative estimate of drug-likeness (QED) is 0.669. The van der Waals surface area contributed by atoms with E-state index < -0.39 is 4.32 Å². The molecule has 4 nitrogen and oxygen atoms in total. The third-order valence-corrected chi connectivity index (χ3v) is 2.84. The molecule has 1 amide bonds. The molecule has 0 unspecified atom stereocenters. The molecule has 0 bridgehead atoms. The molecule has 1 heterocycles. The van der Waals surface area contributed by atoms with Gasteiger partial charge in [-0.1, -0.05) is 15.9 Å². The second-order valence-corrected chi connectivity index (χ2v) is 6.71. The first-order valence-electron chi connectivity index (χ1n) is 5.79. The lowest BCUT2D eigenvalue weighted by Crippen LogP contribution is -2.38. The molecule has 0 radical (unpaired) electrons. The average molecular weight is 302 g/mol. The van der Waals surface area contributed by atoms with Crippen molar-refractivity contribution >= 4 is 21.8 Å². The van der Waals surface area contributed by atoms with Gasteiger partial charge in [0.15, 0.2) is 0 Å². The molecule has 0 spiro atoms. The lowest BCUT2D eigenvalue weighted by Gasteiger charge is -2.15. The zero-order valence-electron chi connectivity index (χ0n) is 10.9. The van der Waals surface area contributed by atoms with Gasteiger partial charge < -0.3 is 5.32 Å². The molecule has 0 aliphatic heterocycles. The van der Waals surface area contributed by atoms with E-state index in [1.165, 1.54) is 0 Å². The zero-order valence-corrected chi connectivity index (χ0v) is 12.5. The van der Waals surface area contributed by atoms with E-state index in [2.05, 4.69) is 32.4 Å². The highest BCUT2D eigenvalue weighted by Crippen LogP contribution is 2.15. The van der Waals surface area contributed by atoms with E-state index in [9.17, 15) is 4.79 Å². The summed E-state index contributed by atoms with van der Waals surface area (Å²) in [5, 5.41) is 7.26. The summed E-state index contributed by atoms with van der Waals surface area (Å²) in [6.45, 7) is 9.21. The molecule has 0 aromatic carbocycles. The third-order valence-electron chi connectivity index (χ3n) is 2.48. The first kappa shape index (κ1) is 14.2. The number of nitrogens with zero attached hydrogens (tertiary/aromatic N) is 2. The molecule has 1 N–H and O–H groups in total. The van der Waals surface area contributed by atoms with Crippen LogP contribution in [-0.4, -0.2) is 26.6 Å². The minimum absolute atomic E-state index is 0.0193. The number of nitrogens with one attached hydrogen (secondary N) is 1. The second-order valence-electron chi connectivity index (χ2n) is 4.73. The van der Waals surface area contributed by atoms with Crippen molar-refractivity contribution in [2.45, 2.75) is 45.0 Å². The Balaban J connectivity index is 2.30. The van der Waals surface area contributed by atoms with Crippen LogP contribution in [0.2, 0.25) is 0 Å². The second kappa shape index (κ2) is 5.67. The molecular weight excluding hydrogens is 282 g/mol. The summed E-state index contributed by atoms with van der Waals surface area (Å²) in [6, 6.07) is 2.06. The predicted octanol–water partition coefficient (Wildman–Crippen LogP) is 2.18. The van der Waals surface area contributed by atoms with E-state index in [0.717, 1.165) is 24.4 Å². The Labute approximate surface area is 111 Å². The number of rotatable bonds is 5. The maximum atomic E-state index is 11.6. The summed E-state index contributed by atoms with van der Waals surface area (Å²) < 4.78 is 1.48. The number of carbonyl (C=O) groups is 1. The average Bonchev–Trinajstić information content (AvgIpc) is 2.50. The Morgan fingerprint density at radius 3 is 2.65 bits per heavy atom. The van der Waals surface area contributed by atoms with Crippen molar-refractivity contribution < 1.29 is 4.79 Å². The van der Waals surface area contributed by atoms with Gasteiger partial charge in [-0.05, 0) is 40.2 Å². The fourth-order valence-corrected chi connectivity index (χ4v) is 1.68. The molecule has 1 rings (SSSR count). The standard InChI is InChI=1S/C12H20BrN3O/c1-9-8-10(2)16(15-9)7-5-6-14-11(17)12(3,4)13/h8H,5-7H2,1-4H3,(H,14,17). The van der Waals surface area contributed by atoms with Crippen LogP contribution in [0, 0.1) is 13.8 Å². The number of hydrogen-bond acceptors (Lipinski definition) is 2. The molecule has 17 heavy (non-hydrogen) atoms. The smallest absolute Gasteiger partial charge is 0.236 e. The van der Waals surface area contributed by atoms with E-state index >= 15 is 0 Å². The van der Waals surface area contributed by atoms with Crippen LogP contribution < -0.4 is 5.32 Å². The first-order valence-corrected chi connectivity index (χ1v) is 6.58. The predicted molar refractivity (Wildman–Crippen MR) is 72.3 cm³/mol. The fraction of sp³-hybridized carbons (Fsp3) is 0.667. The highest BCUT2D eigenvalue weighted by Gasteiger charge is 2.22. The number of amides is 1. The Morgan fingerprint density at radius 2 is 2.18 bits per heavy atom. The summed E-state index contributed by atoms with van der Waals surface area (Å²) in [4.78, 5) is 11.6. The van der Waals surface area contributed by atoms with Gasteiger partial charge in [0.1, 0.15) is 0 Å². The molecule has 0 fully saturated rings. The summed E-state index contributed by atoms with van der Waals surface area (Å²) in [6.07, 6.45) is 0.886. The normalized spacial score (nSPS) is 11.6. The van der Waals surface area contributed by atoms with Crippen molar-refractivity contribution in [1.82, 2.24) is 15.1 Å². The van der Waals surface area contributed by atoms with Crippen LogP contribution in [0.25, 0.3) is 0 Å². The van der Waals surface area contributed by atoms with Crippen molar-refractivity contribution in [2.24, 2.45) is 0 Å². The van der Waals surface area contributed by atoms with Crippen molar-refractivity contribution in [3.63, 3.8) is 0 Å². The molecule has 1 aromatic rings. The van der Waals surface area contributed by atoms with E-state index in [0.29, 0.717) is 6.54 Å². The maximum absolute atomic E-state index is 11.6. The topological polar surface area (TPSA) is 46.9 Å². The van der Waals surface area contributed by atoms with Crippen molar-refractivity contribution in [3.05, 3.63) is 17.5 Å². The van der Waals surface area contributed by atoms with Crippen LogP contribution in [0.4, 0.5) is 0 Å². The Morgan fingerprint density at radius 1 is 1.53 bits per heavy atom. The third kappa shape index (κ3) is 4.50. The first-order chi connectivity index (χ1) is 7.80. The van der Waals surface area contributed by atoms with Crippen molar-refractivity contribution in [2.75, 3.05) is 6.54 Å². The van der Waals surface area contributed by atoms with E-state index in [-0.39, 0.29) is 5.91 Å². The van der Waals surface area contributed by atoms with E-state index in [4.69, 9.17) is 0 Å². The number of aryl methyl sites for hydroxylation is 3. The highest BCUT2D eigenvalue weighted by molar-refractivity contribution is 9.10. The minimum Gasteiger partial charge on any atom is -0.355 e. The molecule has 0 aliphatic rings. The van der Waals surface area contributed by atoms with Crippen LogP contribution in [0.3, 0.4) is 0 Å².